The molecule has 0 atom stereocenters. The predicted octanol–water partition coefficient (Wildman–Crippen LogP) is 6.57. The van der Waals surface area contributed by atoms with Crippen LogP contribution in [0.4, 0.5) is 5.69 Å². The smallest absolute Gasteiger partial charge is 0.268 e. The highest BCUT2D eigenvalue weighted by atomic mass is 35.5. The average Bonchev–Trinajstić information content (AvgIpc) is 3.04. The molecule has 0 aromatic heterocycles. The van der Waals surface area contributed by atoms with Gasteiger partial charge in [0.05, 0.1) is 16.2 Å². The lowest BCUT2D eigenvalue weighted by Crippen LogP contribution is -2.31. The first-order valence-corrected chi connectivity index (χ1v) is 10.9. The molecule has 0 spiro atoms. The molecule has 0 fully saturated rings. The molecule has 0 unspecified atom stereocenters. The van der Waals surface area contributed by atoms with E-state index < -0.39 is 0 Å². The van der Waals surface area contributed by atoms with Crippen LogP contribution in [0.5, 0.6) is 0 Å². The summed E-state index contributed by atoms with van der Waals surface area (Å²) in [6, 6.07) is 30.0. The molecular weight excluding hydrogens is 426 g/mol. The summed E-state index contributed by atoms with van der Waals surface area (Å²) in [5, 5.41) is 2.45. The third-order valence-corrected chi connectivity index (χ3v) is 6.49. The van der Waals surface area contributed by atoms with E-state index in [1.807, 2.05) is 84.9 Å². The van der Waals surface area contributed by atoms with Gasteiger partial charge in [-0.05, 0) is 41.3 Å². The standard InChI is InChI=1S/C26H16ClNO2S/c27-19-13-15-20(16-14-19)31-24-23(18-8-2-1-3-9-18)25(29)28(26(24)30)22-12-6-10-17-7-4-5-11-21(17)22/h1-16H. The van der Waals surface area contributed by atoms with E-state index in [0.717, 1.165) is 21.2 Å². The van der Waals surface area contributed by atoms with Gasteiger partial charge in [0.25, 0.3) is 11.8 Å². The molecule has 1 heterocycles. The summed E-state index contributed by atoms with van der Waals surface area (Å²) >= 11 is 7.30. The van der Waals surface area contributed by atoms with E-state index in [1.54, 1.807) is 12.1 Å². The summed E-state index contributed by atoms with van der Waals surface area (Å²) in [4.78, 5) is 29.8. The Labute approximate surface area is 189 Å². The Hall–Kier alpha value is -3.34. The number of carbonyl (C=O) groups excluding carboxylic acids is 2. The van der Waals surface area contributed by atoms with Crippen molar-refractivity contribution in [3.8, 4) is 0 Å². The second kappa shape index (κ2) is 8.06. The fraction of sp³-hybridized carbons (Fsp3) is 0. The van der Waals surface area contributed by atoms with Crippen molar-refractivity contribution in [2.45, 2.75) is 4.90 Å². The highest BCUT2D eigenvalue weighted by Gasteiger charge is 2.41. The minimum Gasteiger partial charge on any atom is -0.268 e. The summed E-state index contributed by atoms with van der Waals surface area (Å²) in [5.41, 5.74) is 1.73. The van der Waals surface area contributed by atoms with Crippen molar-refractivity contribution in [2.75, 3.05) is 4.90 Å². The number of halogens is 1. The van der Waals surface area contributed by atoms with Gasteiger partial charge in [0, 0.05) is 15.3 Å². The van der Waals surface area contributed by atoms with E-state index in [1.165, 1.54) is 16.7 Å². The molecule has 1 aliphatic heterocycles. The lowest BCUT2D eigenvalue weighted by Gasteiger charge is -2.17. The van der Waals surface area contributed by atoms with Crippen molar-refractivity contribution in [1.82, 2.24) is 0 Å². The minimum absolute atomic E-state index is 0.316. The lowest BCUT2D eigenvalue weighted by molar-refractivity contribution is -0.119. The third-order valence-electron chi connectivity index (χ3n) is 5.14. The molecule has 1 aliphatic rings. The monoisotopic (exact) mass is 441 g/mol. The van der Waals surface area contributed by atoms with Gasteiger partial charge in [-0.2, -0.15) is 0 Å². The van der Waals surface area contributed by atoms with Crippen LogP contribution in [0.15, 0.2) is 107 Å². The zero-order valence-corrected chi connectivity index (χ0v) is 17.9. The van der Waals surface area contributed by atoms with Crippen LogP contribution in [0.1, 0.15) is 5.56 Å². The van der Waals surface area contributed by atoms with Gasteiger partial charge in [0.1, 0.15) is 0 Å². The number of fused-ring (bicyclic) bond motifs is 1. The van der Waals surface area contributed by atoms with Gasteiger partial charge < -0.3 is 0 Å². The molecule has 4 aromatic carbocycles. The Balaban J connectivity index is 1.65. The van der Waals surface area contributed by atoms with Crippen LogP contribution < -0.4 is 4.90 Å². The van der Waals surface area contributed by atoms with Crippen LogP contribution in [0, 0.1) is 0 Å². The maximum absolute atomic E-state index is 13.6. The second-order valence-electron chi connectivity index (χ2n) is 7.07. The van der Waals surface area contributed by atoms with Gasteiger partial charge in [-0.15, -0.1) is 0 Å². The van der Waals surface area contributed by atoms with E-state index in [-0.39, 0.29) is 11.8 Å². The van der Waals surface area contributed by atoms with E-state index in [0.29, 0.717) is 21.2 Å². The number of amides is 2. The number of rotatable bonds is 4. The first kappa shape index (κ1) is 19.6. The first-order valence-electron chi connectivity index (χ1n) is 9.73. The highest BCUT2D eigenvalue weighted by molar-refractivity contribution is 8.04. The molecule has 0 bridgehead atoms. The molecule has 150 valence electrons. The SMILES string of the molecule is O=C1C(Sc2ccc(Cl)cc2)=C(c2ccccc2)C(=O)N1c1cccc2ccccc12. The molecule has 31 heavy (non-hydrogen) atoms. The summed E-state index contributed by atoms with van der Waals surface area (Å²) in [5.74, 6) is -0.635. The van der Waals surface area contributed by atoms with Crippen molar-refractivity contribution in [1.29, 1.82) is 0 Å². The number of nitrogens with zero attached hydrogens (tertiary/aromatic N) is 1. The molecule has 4 aromatic rings. The lowest BCUT2D eigenvalue weighted by atomic mass is 10.1. The van der Waals surface area contributed by atoms with Gasteiger partial charge in [-0.25, -0.2) is 4.90 Å². The van der Waals surface area contributed by atoms with Crippen molar-refractivity contribution < 1.29 is 9.59 Å². The van der Waals surface area contributed by atoms with Crippen molar-refractivity contribution in [3.63, 3.8) is 0 Å². The average molecular weight is 442 g/mol. The van der Waals surface area contributed by atoms with Crippen LogP contribution in [-0.4, -0.2) is 11.8 Å². The van der Waals surface area contributed by atoms with Crippen LogP contribution >= 0.6 is 23.4 Å². The number of hydrogen-bond donors (Lipinski definition) is 0. The summed E-state index contributed by atoms with van der Waals surface area (Å²) in [6.45, 7) is 0. The number of imide groups is 1. The summed E-state index contributed by atoms with van der Waals surface area (Å²) < 4.78 is 0. The van der Waals surface area contributed by atoms with E-state index in [2.05, 4.69) is 0 Å². The van der Waals surface area contributed by atoms with Gasteiger partial charge in [0.15, 0.2) is 0 Å². The number of thioether (sulfide) groups is 1. The zero-order valence-electron chi connectivity index (χ0n) is 16.3. The molecule has 2 amide bonds. The molecule has 5 heteroatoms. The Bertz CT molecular complexity index is 1340. The van der Waals surface area contributed by atoms with Gasteiger partial charge in [-0.3, -0.25) is 9.59 Å². The fourth-order valence-corrected chi connectivity index (χ4v) is 4.83. The number of anilines is 1. The van der Waals surface area contributed by atoms with Gasteiger partial charge >= 0.3 is 0 Å². The minimum atomic E-state index is -0.319. The molecule has 0 saturated carbocycles. The Morgan fingerprint density at radius 3 is 2.13 bits per heavy atom. The highest BCUT2D eigenvalue weighted by Crippen LogP contribution is 2.42. The summed E-state index contributed by atoms with van der Waals surface area (Å²) in [7, 11) is 0. The van der Waals surface area contributed by atoms with Gasteiger partial charge in [-0.1, -0.05) is 90.1 Å². The number of benzene rings is 4. The fourth-order valence-electron chi connectivity index (χ4n) is 3.71. The molecule has 0 radical (unpaired) electrons. The Morgan fingerprint density at radius 2 is 1.35 bits per heavy atom. The molecular formula is C26H16ClNO2S. The van der Waals surface area contributed by atoms with Crippen LogP contribution in [0.3, 0.4) is 0 Å². The normalized spacial score (nSPS) is 14.0. The van der Waals surface area contributed by atoms with Crippen LogP contribution in [-0.2, 0) is 9.59 Å². The van der Waals surface area contributed by atoms with E-state index in [9.17, 15) is 9.59 Å². The third kappa shape index (κ3) is 3.54. The maximum atomic E-state index is 13.6. The number of carbonyl (C=O) groups is 2. The number of hydrogen-bond acceptors (Lipinski definition) is 3. The van der Waals surface area contributed by atoms with Crippen molar-refractivity contribution in [3.05, 3.63) is 113 Å². The Kier molecular flexibility index (Phi) is 5.10. The second-order valence-corrected chi connectivity index (χ2v) is 8.59. The topological polar surface area (TPSA) is 37.4 Å². The zero-order chi connectivity index (χ0) is 21.4. The van der Waals surface area contributed by atoms with Gasteiger partial charge in [0.2, 0.25) is 0 Å². The summed E-state index contributed by atoms with van der Waals surface area (Å²) in [6.07, 6.45) is 0. The largest absolute Gasteiger partial charge is 0.272 e. The van der Waals surface area contributed by atoms with Crippen LogP contribution in [0.2, 0.25) is 5.02 Å². The predicted molar refractivity (Wildman–Crippen MR) is 127 cm³/mol. The van der Waals surface area contributed by atoms with E-state index in [4.69, 9.17) is 11.6 Å². The van der Waals surface area contributed by atoms with Crippen molar-refractivity contribution >= 4 is 57.2 Å². The first-order chi connectivity index (χ1) is 15.1. The molecule has 0 saturated heterocycles. The van der Waals surface area contributed by atoms with Crippen molar-refractivity contribution in [2.24, 2.45) is 0 Å². The quantitative estimate of drug-likeness (QED) is 0.336. The molecule has 0 aliphatic carbocycles. The Morgan fingerprint density at radius 1 is 0.677 bits per heavy atom. The molecule has 3 nitrogen and oxygen atoms in total. The molecule has 5 rings (SSSR count). The van der Waals surface area contributed by atoms with E-state index >= 15 is 0 Å². The maximum Gasteiger partial charge on any atom is 0.272 e. The van der Waals surface area contributed by atoms with Crippen LogP contribution in [0.25, 0.3) is 16.3 Å². The molecule has 0 N–H and O–H groups in total.